The molecule has 0 fully saturated rings. The maximum absolute atomic E-state index is 12.0. The number of methoxy groups -OCH3 is 3. The lowest BCUT2D eigenvalue weighted by Crippen LogP contribution is -2.27. The Kier molecular flexibility index (Phi) is 5.64. The van der Waals surface area contributed by atoms with E-state index >= 15 is 0 Å². The topological polar surface area (TPSA) is 99.9 Å². The van der Waals surface area contributed by atoms with Gasteiger partial charge in [0.2, 0.25) is 0 Å². The van der Waals surface area contributed by atoms with Crippen LogP contribution >= 0.6 is 0 Å². The summed E-state index contributed by atoms with van der Waals surface area (Å²) in [5, 5.41) is 2.58. The average molecular weight is 282 g/mol. The van der Waals surface area contributed by atoms with Gasteiger partial charge in [-0.3, -0.25) is 9.59 Å². The number of ether oxygens (including phenoxy) is 3. The summed E-state index contributed by atoms with van der Waals surface area (Å²) < 4.78 is 14.7. The van der Waals surface area contributed by atoms with E-state index in [9.17, 15) is 9.59 Å². The standard InChI is InChI=1S/C13H18N2O5/c1-18-10-6-8(9(14)7-11(10)19-2)13(17)15-5-4-12(16)20-3/h6-7H,4-5,14H2,1-3H3,(H,15,17). The summed E-state index contributed by atoms with van der Waals surface area (Å²) in [5.41, 5.74) is 6.31. The van der Waals surface area contributed by atoms with Crippen LogP contribution in [0, 0.1) is 0 Å². The molecule has 20 heavy (non-hydrogen) atoms. The van der Waals surface area contributed by atoms with Gasteiger partial charge in [-0.1, -0.05) is 0 Å². The molecule has 1 rings (SSSR count). The van der Waals surface area contributed by atoms with Crippen LogP contribution < -0.4 is 20.5 Å². The number of nitrogens with one attached hydrogen (secondary N) is 1. The highest BCUT2D eigenvalue weighted by Gasteiger charge is 2.15. The number of esters is 1. The number of nitrogens with two attached hydrogens (primary N) is 1. The Bertz CT molecular complexity index is 502. The van der Waals surface area contributed by atoms with Crippen molar-refractivity contribution >= 4 is 17.6 Å². The summed E-state index contributed by atoms with van der Waals surface area (Å²) in [5.74, 6) is 0.0499. The number of anilines is 1. The number of nitrogen functional groups attached to an aromatic ring is 1. The van der Waals surface area contributed by atoms with E-state index in [1.54, 1.807) is 0 Å². The van der Waals surface area contributed by atoms with E-state index < -0.39 is 11.9 Å². The van der Waals surface area contributed by atoms with Gasteiger partial charge in [-0.15, -0.1) is 0 Å². The van der Waals surface area contributed by atoms with Crippen molar-refractivity contribution < 1.29 is 23.8 Å². The molecule has 1 aromatic carbocycles. The van der Waals surface area contributed by atoms with Crippen LogP contribution in [0.25, 0.3) is 0 Å². The molecule has 0 saturated heterocycles. The van der Waals surface area contributed by atoms with Crippen LogP contribution in [0.5, 0.6) is 11.5 Å². The number of amides is 1. The van der Waals surface area contributed by atoms with Gasteiger partial charge in [-0.2, -0.15) is 0 Å². The van der Waals surface area contributed by atoms with Crippen LogP contribution in [0.15, 0.2) is 12.1 Å². The lowest BCUT2D eigenvalue weighted by molar-refractivity contribution is -0.140. The molecule has 0 atom stereocenters. The first-order valence-corrected chi connectivity index (χ1v) is 5.90. The first-order valence-electron chi connectivity index (χ1n) is 5.90. The molecule has 0 aliphatic heterocycles. The Hall–Kier alpha value is -2.44. The monoisotopic (exact) mass is 282 g/mol. The zero-order chi connectivity index (χ0) is 15.1. The van der Waals surface area contributed by atoms with Crippen molar-refractivity contribution in [1.82, 2.24) is 5.32 Å². The molecule has 0 aliphatic rings. The summed E-state index contributed by atoms with van der Waals surface area (Å²) in [6.07, 6.45) is 0.0927. The van der Waals surface area contributed by atoms with E-state index in [2.05, 4.69) is 10.1 Å². The van der Waals surface area contributed by atoms with E-state index in [-0.39, 0.29) is 24.2 Å². The number of benzene rings is 1. The fourth-order valence-corrected chi connectivity index (χ4v) is 1.57. The van der Waals surface area contributed by atoms with Gasteiger partial charge >= 0.3 is 5.97 Å². The van der Waals surface area contributed by atoms with Crippen LogP contribution in [0.2, 0.25) is 0 Å². The van der Waals surface area contributed by atoms with Crippen molar-refractivity contribution in [3.63, 3.8) is 0 Å². The maximum atomic E-state index is 12.0. The zero-order valence-electron chi connectivity index (χ0n) is 11.7. The summed E-state index contributed by atoms with van der Waals surface area (Å²) >= 11 is 0. The molecule has 0 saturated carbocycles. The molecule has 0 heterocycles. The number of carbonyl (C=O) groups is 2. The van der Waals surface area contributed by atoms with E-state index in [0.29, 0.717) is 11.5 Å². The van der Waals surface area contributed by atoms with Gasteiger partial charge < -0.3 is 25.3 Å². The number of carbonyl (C=O) groups excluding carboxylic acids is 2. The van der Waals surface area contributed by atoms with E-state index in [1.807, 2.05) is 0 Å². The van der Waals surface area contributed by atoms with Crippen LogP contribution in [-0.2, 0) is 9.53 Å². The molecule has 0 unspecified atom stereocenters. The third-order valence-electron chi connectivity index (χ3n) is 2.64. The van der Waals surface area contributed by atoms with Gasteiger partial charge in [0, 0.05) is 18.3 Å². The zero-order valence-corrected chi connectivity index (χ0v) is 11.7. The van der Waals surface area contributed by atoms with E-state index in [1.165, 1.54) is 33.5 Å². The normalized spacial score (nSPS) is 9.75. The van der Waals surface area contributed by atoms with Crippen LogP contribution in [-0.4, -0.2) is 39.8 Å². The highest BCUT2D eigenvalue weighted by molar-refractivity contribution is 6.00. The molecule has 7 nitrogen and oxygen atoms in total. The molecule has 3 N–H and O–H groups in total. The van der Waals surface area contributed by atoms with Crippen LogP contribution in [0.1, 0.15) is 16.8 Å². The Morgan fingerprint density at radius 3 is 2.30 bits per heavy atom. The molecule has 0 spiro atoms. The highest BCUT2D eigenvalue weighted by atomic mass is 16.5. The largest absolute Gasteiger partial charge is 0.493 e. The molecule has 0 radical (unpaired) electrons. The predicted octanol–water partition coefficient (Wildman–Crippen LogP) is 0.579. The van der Waals surface area contributed by atoms with Crippen molar-refractivity contribution in [1.29, 1.82) is 0 Å². The minimum atomic E-state index is -0.398. The second kappa shape index (κ2) is 7.22. The smallest absolute Gasteiger partial charge is 0.307 e. The summed E-state index contributed by atoms with van der Waals surface area (Å²) in [6, 6.07) is 3.00. The molecule has 7 heteroatoms. The summed E-state index contributed by atoms with van der Waals surface area (Å²) in [7, 11) is 4.23. The maximum Gasteiger partial charge on any atom is 0.307 e. The van der Waals surface area contributed by atoms with Crippen molar-refractivity contribution in [3.8, 4) is 11.5 Å². The Balaban J connectivity index is 2.80. The Labute approximate surface area is 117 Å². The highest BCUT2D eigenvalue weighted by Crippen LogP contribution is 2.31. The van der Waals surface area contributed by atoms with Gasteiger partial charge in [0.25, 0.3) is 5.91 Å². The number of rotatable bonds is 6. The van der Waals surface area contributed by atoms with Gasteiger partial charge in [0.05, 0.1) is 33.3 Å². The van der Waals surface area contributed by atoms with Crippen molar-refractivity contribution in [2.45, 2.75) is 6.42 Å². The van der Waals surface area contributed by atoms with E-state index in [0.717, 1.165) is 0 Å². The molecule has 0 aromatic heterocycles. The fraction of sp³-hybridized carbons (Fsp3) is 0.385. The second-order valence-corrected chi connectivity index (χ2v) is 3.88. The molecule has 0 aliphatic carbocycles. The molecular formula is C13H18N2O5. The summed E-state index contributed by atoms with van der Waals surface area (Å²) in [4.78, 5) is 22.9. The molecule has 1 aromatic rings. The Morgan fingerprint density at radius 2 is 1.75 bits per heavy atom. The molecular weight excluding hydrogens is 264 g/mol. The number of hydrogen-bond donors (Lipinski definition) is 2. The van der Waals surface area contributed by atoms with Crippen molar-refractivity contribution in [2.75, 3.05) is 33.6 Å². The average Bonchev–Trinajstić information content (AvgIpc) is 2.46. The van der Waals surface area contributed by atoms with Gasteiger partial charge in [0.15, 0.2) is 11.5 Å². The lowest BCUT2D eigenvalue weighted by atomic mass is 10.1. The van der Waals surface area contributed by atoms with Crippen LogP contribution in [0.4, 0.5) is 5.69 Å². The predicted molar refractivity (Wildman–Crippen MR) is 72.9 cm³/mol. The first kappa shape index (κ1) is 15.6. The molecule has 110 valence electrons. The summed E-state index contributed by atoms with van der Waals surface area (Å²) in [6.45, 7) is 0.166. The quantitative estimate of drug-likeness (QED) is 0.585. The first-order chi connectivity index (χ1) is 9.53. The lowest BCUT2D eigenvalue weighted by Gasteiger charge is -2.12. The molecule has 0 bridgehead atoms. The van der Waals surface area contributed by atoms with Gasteiger partial charge in [-0.25, -0.2) is 0 Å². The third-order valence-corrected chi connectivity index (χ3v) is 2.64. The van der Waals surface area contributed by atoms with Gasteiger partial charge in [0.1, 0.15) is 0 Å². The van der Waals surface area contributed by atoms with Crippen LogP contribution in [0.3, 0.4) is 0 Å². The second-order valence-electron chi connectivity index (χ2n) is 3.88. The minimum Gasteiger partial charge on any atom is -0.493 e. The SMILES string of the molecule is COC(=O)CCNC(=O)c1cc(OC)c(OC)cc1N. The van der Waals surface area contributed by atoms with E-state index in [4.69, 9.17) is 15.2 Å². The molecule has 1 amide bonds. The third kappa shape index (κ3) is 3.78. The van der Waals surface area contributed by atoms with Crippen molar-refractivity contribution in [3.05, 3.63) is 17.7 Å². The van der Waals surface area contributed by atoms with Crippen molar-refractivity contribution in [2.24, 2.45) is 0 Å². The number of hydrogen-bond acceptors (Lipinski definition) is 6. The minimum absolute atomic E-state index is 0.0927. The Morgan fingerprint density at radius 1 is 1.15 bits per heavy atom. The van der Waals surface area contributed by atoms with Gasteiger partial charge in [-0.05, 0) is 6.07 Å². The fourth-order valence-electron chi connectivity index (χ4n) is 1.57.